The van der Waals surface area contributed by atoms with Crippen LogP contribution in [-0.2, 0) is 7.05 Å². The zero-order chi connectivity index (χ0) is 12.7. The van der Waals surface area contributed by atoms with Crippen molar-refractivity contribution in [2.45, 2.75) is 0 Å². The molecule has 0 unspecified atom stereocenters. The molecule has 88 valence electrons. The Balaban J connectivity index is 2.37. The number of H-pyrrole nitrogens is 1. The standard InChI is InChI=1S/C11H8N6O/c1-16-9(2-3-13-16)8-4-10(18)17-11(15-8)7(5-12)6-14-17/h2-4,6,14H,1H3. The summed E-state index contributed by atoms with van der Waals surface area (Å²) in [5.41, 5.74) is 1.60. The van der Waals surface area contributed by atoms with Gasteiger partial charge in [-0.05, 0) is 6.07 Å². The van der Waals surface area contributed by atoms with Gasteiger partial charge in [0.15, 0.2) is 5.65 Å². The number of aryl methyl sites for hydroxylation is 1. The third-order valence-corrected chi connectivity index (χ3v) is 2.70. The Morgan fingerprint density at radius 2 is 2.33 bits per heavy atom. The lowest BCUT2D eigenvalue weighted by Gasteiger charge is -2.01. The Kier molecular flexibility index (Phi) is 2.04. The van der Waals surface area contributed by atoms with E-state index < -0.39 is 0 Å². The third kappa shape index (κ3) is 1.33. The molecule has 0 atom stereocenters. The molecule has 18 heavy (non-hydrogen) atoms. The predicted octanol–water partition coefficient (Wildman–Crippen LogP) is 0.295. The zero-order valence-corrected chi connectivity index (χ0v) is 9.45. The topological polar surface area (TPSA) is 91.8 Å². The van der Waals surface area contributed by atoms with Crippen LogP contribution in [0.15, 0.2) is 29.3 Å². The van der Waals surface area contributed by atoms with Gasteiger partial charge in [-0.3, -0.25) is 14.6 Å². The fourth-order valence-corrected chi connectivity index (χ4v) is 1.82. The Morgan fingerprint density at radius 3 is 3.00 bits per heavy atom. The maximum atomic E-state index is 11.9. The fourth-order valence-electron chi connectivity index (χ4n) is 1.82. The normalized spacial score (nSPS) is 10.7. The van der Waals surface area contributed by atoms with E-state index in [1.807, 2.05) is 6.07 Å². The minimum atomic E-state index is -0.266. The van der Waals surface area contributed by atoms with Crippen molar-refractivity contribution in [2.75, 3.05) is 0 Å². The first-order valence-electron chi connectivity index (χ1n) is 5.20. The van der Waals surface area contributed by atoms with Crippen molar-refractivity contribution in [3.8, 4) is 17.5 Å². The highest BCUT2D eigenvalue weighted by atomic mass is 16.1. The molecule has 0 bridgehead atoms. The summed E-state index contributed by atoms with van der Waals surface area (Å²) >= 11 is 0. The third-order valence-electron chi connectivity index (χ3n) is 2.70. The second-order valence-corrected chi connectivity index (χ2v) is 3.78. The summed E-state index contributed by atoms with van der Waals surface area (Å²) in [5, 5.41) is 15.7. The summed E-state index contributed by atoms with van der Waals surface area (Å²) in [5.74, 6) is 0. The van der Waals surface area contributed by atoms with E-state index in [1.165, 1.54) is 16.8 Å². The number of nitriles is 1. The molecule has 3 aromatic rings. The largest absolute Gasteiger partial charge is 0.295 e. The van der Waals surface area contributed by atoms with Crippen molar-refractivity contribution in [3.05, 3.63) is 40.4 Å². The van der Waals surface area contributed by atoms with Crippen molar-refractivity contribution in [1.29, 1.82) is 5.26 Å². The van der Waals surface area contributed by atoms with Crippen LogP contribution in [0.1, 0.15) is 5.56 Å². The molecule has 7 heteroatoms. The van der Waals surface area contributed by atoms with Crippen molar-refractivity contribution in [1.82, 2.24) is 24.4 Å². The van der Waals surface area contributed by atoms with E-state index >= 15 is 0 Å². The van der Waals surface area contributed by atoms with E-state index in [4.69, 9.17) is 5.26 Å². The highest BCUT2D eigenvalue weighted by Gasteiger charge is 2.11. The van der Waals surface area contributed by atoms with Crippen LogP contribution >= 0.6 is 0 Å². The minimum absolute atomic E-state index is 0.266. The molecule has 0 spiro atoms. The number of rotatable bonds is 1. The Hall–Kier alpha value is -2.88. The summed E-state index contributed by atoms with van der Waals surface area (Å²) in [6.45, 7) is 0. The number of aromatic nitrogens is 5. The first kappa shape index (κ1) is 10.3. The van der Waals surface area contributed by atoms with Gasteiger partial charge >= 0.3 is 0 Å². The van der Waals surface area contributed by atoms with Gasteiger partial charge in [0.1, 0.15) is 11.6 Å². The highest BCUT2D eigenvalue weighted by Crippen LogP contribution is 2.15. The van der Waals surface area contributed by atoms with Gasteiger partial charge in [0.05, 0.1) is 11.4 Å². The van der Waals surface area contributed by atoms with Gasteiger partial charge in [0.25, 0.3) is 5.56 Å². The van der Waals surface area contributed by atoms with Crippen molar-refractivity contribution < 1.29 is 0 Å². The molecule has 0 amide bonds. The SMILES string of the molecule is Cn1nccc1-c1cc(=O)n2[nH]cc(C#N)c2n1. The first-order chi connectivity index (χ1) is 8.70. The number of aromatic amines is 1. The molecule has 0 aliphatic heterocycles. The number of fused-ring (bicyclic) bond motifs is 1. The Labute approximate surface area is 101 Å². The van der Waals surface area contributed by atoms with Crippen molar-refractivity contribution in [2.24, 2.45) is 7.05 Å². The molecule has 0 aromatic carbocycles. The van der Waals surface area contributed by atoms with Gasteiger partial charge in [0.2, 0.25) is 0 Å². The molecule has 0 aliphatic carbocycles. The highest BCUT2D eigenvalue weighted by molar-refractivity contribution is 5.61. The van der Waals surface area contributed by atoms with E-state index in [0.29, 0.717) is 16.9 Å². The Morgan fingerprint density at radius 1 is 1.50 bits per heavy atom. The molecule has 3 rings (SSSR count). The molecule has 0 fully saturated rings. The fraction of sp³-hybridized carbons (Fsp3) is 0.0909. The van der Waals surface area contributed by atoms with Crippen LogP contribution in [0.25, 0.3) is 17.0 Å². The quantitative estimate of drug-likeness (QED) is 0.662. The molecule has 1 N–H and O–H groups in total. The monoisotopic (exact) mass is 240 g/mol. The van der Waals surface area contributed by atoms with Gasteiger partial charge in [-0.15, -0.1) is 0 Å². The van der Waals surface area contributed by atoms with Gasteiger partial charge in [-0.1, -0.05) is 0 Å². The summed E-state index contributed by atoms with van der Waals surface area (Å²) in [6.07, 6.45) is 3.08. The number of hydrogen-bond acceptors (Lipinski definition) is 4. The van der Waals surface area contributed by atoms with Crippen molar-refractivity contribution >= 4 is 5.65 Å². The van der Waals surface area contributed by atoms with Crippen LogP contribution in [-0.4, -0.2) is 24.4 Å². The number of nitrogens with one attached hydrogen (secondary N) is 1. The minimum Gasteiger partial charge on any atom is -0.295 e. The molecular weight excluding hydrogens is 232 g/mol. The van der Waals surface area contributed by atoms with Crippen molar-refractivity contribution in [3.63, 3.8) is 0 Å². The molecule has 3 heterocycles. The number of nitrogens with zero attached hydrogens (tertiary/aromatic N) is 5. The van der Waals surface area contributed by atoms with E-state index in [9.17, 15) is 4.79 Å². The lowest BCUT2D eigenvalue weighted by molar-refractivity contribution is 0.772. The van der Waals surface area contributed by atoms with Crippen LogP contribution in [0, 0.1) is 11.3 Å². The van der Waals surface area contributed by atoms with E-state index in [1.54, 1.807) is 24.0 Å². The Bertz CT molecular complexity index is 831. The van der Waals surface area contributed by atoms with Crippen LogP contribution in [0.5, 0.6) is 0 Å². The average molecular weight is 240 g/mol. The van der Waals surface area contributed by atoms with Crippen LogP contribution in [0.2, 0.25) is 0 Å². The predicted molar refractivity (Wildman–Crippen MR) is 62.7 cm³/mol. The van der Waals surface area contributed by atoms with Gasteiger partial charge in [-0.25, -0.2) is 9.50 Å². The first-order valence-corrected chi connectivity index (χ1v) is 5.20. The maximum Gasteiger partial charge on any atom is 0.273 e. The molecule has 0 aliphatic rings. The van der Waals surface area contributed by atoms with E-state index in [0.717, 1.165) is 5.69 Å². The molecule has 7 nitrogen and oxygen atoms in total. The molecular formula is C11H8N6O. The summed E-state index contributed by atoms with van der Waals surface area (Å²) in [6, 6.07) is 5.15. The zero-order valence-electron chi connectivity index (χ0n) is 9.45. The average Bonchev–Trinajstić information content (AvgIpc) is 2.94. The molecule has 0 saturated heterocycles. The smallest absolute Gasteiger partial charge is 0.273 e. The number of hydrogen-bond donors (Lipinski definition) is 1. The lowest BCUT2D eigenvalue weighted by atomic mass is 10.3. The van der Waals surface area contributed by atoms with E-state index in [2.05, 4.69) is 15.2 Å². The summed E-state index contributed by atoms with van der Waals surface area (Å²) < 4.78 is 2.86. The molecule has 3 aromatic heterocycles. The molecule has 0 radical (unpaired) electrons. The maximum absolute atomic E-state index is 11.9. The van der Waals surface area contributed by atoms with E-state index in [-0.39, 0.29) is 5.56 Å². The lowest BCUT2D eigenvalue weighted by Crippen LogP contribution is -2.15. The summed E-state index contributed by atoms with van der Waals surface area (Å²) in [4.78, 5) is 16.2. The second kappa shape index (κ2) is 3.56. The summed E-state index contributed by atoms with van der Waals surface area (Å²) in [7, 11) is 1.77. The van der Waals surface area contributed by atoms with Crippen LogP contribution < -0.4 is 5.56 Å². The van der Waals surface area contributed by atoms with Crippen LogP contribution in [0.4, 0.5) is 0 Å². The van der Waals surface area contributed by atoms with Gasteiger partial charge in [0, 0.05) is 25.5 Å². The van der Waals surface area contributed by atoms with Crippen LogP contribution in [0.3, 0.4) is 0 Å². The second-order valence-electron chi connectivity index (χ2n) is 3.78. The van der Waals surface area contributed by atoms with Gasteiger partial charge < -0.3 is 0 Å². The van der Waals surface area contributed by atoms with Gasteiger partial charge in [-0.2, -0.15) is 10.4 Å². The molecule has 0 saturated carbocycles.